The van der Waals surface area contributed by atoms with Crippen molar-refractivity contribution < 1.29 is 9.72 Å². The second-order valence-electron chi connectivity index (χ2n) is 3.97. The number of hydrogen-bond acceptors (Lipinski definition) is 5. The maximum absolute atomic E-state index is 12.0. The first-order valence-electron chi connectivity index (χ1n) is 5.64. The molecule has 0 atom stereocenters. The summed E-state index contributed by atoms with van der Waals surface area (Å²) in [4.78, 5) is 23.0. The molecule has 0 saturated carbocycles. The zero-order valence-electron chi connectivity index (χ0n) is 10.9. The smallest absolute Gasteiger partial charge is 0.283 e. The maximum atomic E-state index is 12.0. The fourth-order valence-electron chi connectivity index (χ4n) is 1.64. The van der Waals surface area contributed by atoms with Gasteiger partial charge in [0.15, 0.2) is 5.82 Å². The van der Waals surface area contributed by atoms with E-state index in [1.54, 1.807) is 42.4 Å². The Morgan fingerprint density at radius 1 is 1.45 bits per heavy atom. The fraction of sp³-hybridized carbons (Fsp3) is 0.167. The van der Waals surface area contributed by atoms with E-state index in [1.165, 1.54) is 17.8 Å². The average Bonchev–Trinajstić information content (AvgIpc) is 2.83. The summed E-state index contributed by atoms with van der Waals surface area (Å²) in [5, 5.41) is 17.6. The highest BCUT2D eigenvalue weighted by atomic mass is 32.2. The van der Waals surface area contributed by atoms with Crippen LogP contribution in [0.5, 0.6) is 0 Å². The molecule has 0 fully saturated rings. The summed E-state index contributed by atoms with van der Waals surface area (Å²) < 4.78 is 1.55. The molecule has 2 aromatic rings. The molecule has 104 valence electrons. The molecule has 0 radical (unpaired) electrons. The molecule has 0 spiro atoms. The lowest BCUT2D eigenvalue weighted by Gasteiger charge is -2.04. The second kappa shape index (κ2) is 5.74. The summed E-state index contributed by atoms with van der Waals surface area (Å²) in [7, 11) is 1.73. The number of anilines is 1. The third-order valence-electron chi connectivity index (χ3n) is 2.59. The molecular weight excluding hydrogens is 280 g/mol. The van der Waals surface area contributed by atoms with E-state index in [9.17, 15) is 14.9 Å². The number of aryl methyl sites for hydroxylation is 1. The summed E-state index contributed by atoms with van der Waals surface area (Å²) in [5.74, 6) is -0.0338. The van der Waals surface area contributed by atoms with Gasteiger partial charge in [-0.1, -0.05) is 0 Å². The van der Waals surface area contributed by atoms with Crippen molar-refractivity contribution in [3.8, 4) is 0 Å². The van der Waals surface area contributed by atoms with Gasteiger partial charge in [-0.25, -0.2) is 0 Å². The SMILES string of the molecule is CSc1ccc(C(=O)Nc2ccn(C)n2)cc1[N+](=O)[O-]. The van der Waals surface area contributed by atoms with Crippen LogP contribution in [-0.2, 0) is 7.05 Å². The topological polar surface area (TPSA) is 90.1 Å². The predicted octanol–water partition coefficient (Wildman–Crippen LogP) is 2.30. The summed E-state index contributed by atoms with van der Waals surface area (Å²) in [6.45, 7) is 0. The number of rotatable bonds is 4. The Balaban J connectivity index is 2.26. The van der Waals surface area contributed by atoms with Gasteiger partial charge in [0.25, 0.3) is 11.6 Å². The molecule has 0 aliphatic rings. The van der Waals surface area contributed by atoms with Gasteiger partial charge in [-0.2, -0.15) is 5.10 Å². The van der Waals surface area contributed by atoms with Gasteiger partial charge in [0.2, 0.25) is 0 Å². The molecule has 1 N–H and O–H groups in total. The number of hydrogen-bond donors (Lipinski definition) is 1. The van der Waals surface area contributed by atoms with E-state index >= 15 is 0 Å². The predicted molar refractivity (Wildman–Crippen MR) is 76.0 cm³/mol. The number of nitrogens with zero attached hydrogens (tertiary/aromatic N) is 3. The molecule has 1 heterocycles. The minimum atomic E-state index is -0.497. The Bertz CT molecular complexity index is 668. The van der Waals surface area contributed by atoms with E-state index in [0.29, 0.717) is 10.7 Å². The maximum Gasteiger partial charge on any atom is 0.283 e. The van der Waals surface area contributed by atoms with Crippen molar-refractivity contribution in [1.29, 1.82) is 0 Å². The van der Waals surface area contributed by atoms with Crippen molar-refractivity contribution >= 4 is 29.2 Å². The molecule has 7 nitrogen and oxygen atoms in total. The first-order chi connectivity index (χ1) is 9.51. The number of aromatic nitrogens is 2. The van der Waals surface area contributed by atoms with Gasteiger partial charge >= 0.3 is 0 Å². The minimum absolute atomic E-state index is 0.0776. The van der Waals surface area contributed by atoms with Crippen LogP contribution in [-0.4, -0.2) is 26.9 Å². The highest BCUT2D eigenvalue weighted by Gasteiger charge is 2.17. The lowest BCUT2D eigenvalue weighted by molar-refractivity contribution is -0.387. The number of nitro groups is 1. The second-order valence-corrected chi connectivity index (χ2v) is 4.82. The highest BCUT2D eigenvalue weighted by molar-refractivity contribution is 7.98. The first kappa shape index (κ1) is 14.1. The van der Waals surface area contributed by atoms with Gasteiger partial charge < -0.3 is 5.32 Å². The van der Waals surface area contributed by atoms with Crippen molar-refractivity contribution in [2.24, 2.45) is 7.05 Å². The van der Waals surface area contributed by atoms with Crippen molar-refractivity contribution in [2.75, 3.05) is 11.6 Å². The zero-order chi connectivity index (χ0) is 14.7. The van der Waals surface area contributed by atoms with Gasteiger partial charge in [-0.15, -0.1) is 11.8 Å². The highest BCUT2D eigenvalue weighted by Crippen LogP contribution is 2.28. The van der Waals surface area contributed by atoms with E-state index in [-0.39, 0.29) is 11.3 Å². The molecule has 20 heavy (non-hydrogen) atoms. The fourth-order valence-corrected chi connectivity index (χ4v) is 2.19. The standard InChI is InChI=1S/C12H12N4O3S/c1-15-6-5-11(14-15)13-12(17)8-3-4-10(20-2)9(7-8)16(18)19/h3-7H,1-2H3,(H,13,14,17). The van der Waals surface area contributed by atoms with Crippen LogP contribution in [0.3, 0.4) is 0 Å². The molecule has 0 aliphatic carbocycles. The van der Waals surface area contributed by atoms with E-state index in [4.69, 9.17) is 0 Å². The van der Waals surface area contributed by atoms with Gasteiger partial charge in [0.05, 0.1) is 9.82 Å². The Hall–Kier alpha value is -2.35. The monoisotopic (exact) mass is 292 g/mol. The number of amides is 1. The Labute approximate surface area is 119 Å². The number of benzene rings is 1. The van der Waals surface area contributed by atoms with Crippen molar-refractivity contribution in [1.82, 2.24) is 9.78 Å². The van der Waals surface area contributed by atoms with Crippen molar-refractivity contribution in [2.45, 2.75) is 4.90 Å². The third-order valence-corrected chi connectivity index (χ3v) is 3.38. The summed E-state index contributed by atoms with van der Waals surface area (Å²) >= 11 is 1.26. The first-order valence-corrected chi connectivity index (χ1v) is 6.87. The quantitative estimate of drug-likeness (QED) is 0.530. The molecule has 8 heteroatoms. The largest absolute Gasteiger partial charge is 0.305 e. The Kier molecular flexibility index (Phi) is 4.04. The number of thioether (sulfide) groups is 1. The lowest BCUT2D eigenvalue weighted by atomic mass is 10.2. The van der Waals surface area contributed by atoms with Crippen LogP contribution in [0.25, 0.3) is 0 Å². The zero-order valence-corrected chi connectivity index (χ0v) is 11.7. The van der Waals surface area contributed by atoms with Gasteiger partial charge in [-0.3, -0.25) is 19.6 Å². The van der Waals surface area contributed by atoms with Crippen LogP contribution in [0, 0.1) is 10.1 Å². The van der Waals surface area contributed by atoms with Gasteiger partial charge in [0.1, 0.15) is 0 Å². The normalized spacial score (nSPS) is 10.3. The van der Waals surface area contributed by atoms with Gasteiger partial charge in [-0.05, 0) is 18.4 Å². The molecule has 2 rings (SSSR count). The van der Waals surface area contributed by atoms with Crippen molar-refractivity contribution in [3.05, 3.63) is 46.1 Å². The van der Waals surface area contributed by atoms with Crippen LogP contribution in [0.1, 0.15) is 10.4 Å². The number of carbonyl (C=O) groups excluding carboxylic acids is 1. The molecule has 0 aliphatic heterocycles. The van der Waals surface area contributed by atoms with Crippen LogP contribution < -0.4 is 5.32 Å². The Morgan fingerprint density at radius 3 is 2.75 bits per heavy atom. The van der Waals surface area contributed by atoms with Crippen molar-refractivity contribution in [3.63, 3.8) is 0 Å². The van der Waals surface area contributed by atoms with E-state index in [1.807, 2.05) is 0 Å². The number of carbonyl (C=O) groups is 1. The van der Waals surface area contributed by atoms with E-state index in [2.05, 4.69) is 10.4 Å². The molecule has 0 unspecified atom stereocenters. The van der Waals surface area contributed by atoms with Crippen LogP contribution >= 0.6 is 11.8 Å². The molecule has 0 bridgehead atoms. The number of nitro benzene ring substituents is 1. The average molecular weight is 292 g/mol. The van der Waals surface area contributed by atoms with Gasteiger partial charge in [0, 0.05) is 30.9 Å². The summed E-state index contributed by atoms with van der Waals surface area (Å²) in [5.41, 5.74) is 0.145. The summed E-state index contributed by atoms with van der Waals surface area (Å²) in [6, 6.07) is 6.03. The third kappa shape index (κ3) is 2.97. The molecular formula is C12H12N4O3S. The lowest BCUT2D eigenvalue weighted by Crippen LogP contribution is -2.13. The minimum Gasteiger partial charge on any atom is -0.305 e. The summed E-state index contributed by atoms with van der Waals surface area (Å²) in [6.07, 6.45) is 3.44. The number of nitrogens with one attached hydrogen (secondary N) is 1. The van der Waals surface area contributed by atoms with Crippen LogP contribution in [0.2, 0.25) is 0 Å². The van der Waals surface area contributed by atoms with Crippen LogP contribution in [0.15, 0.2) is 35.4 Å². The molecule has 1 aromatic carbocycles. The Morgan fingerprint density at radius 2 is 2.20 bits per heavy atom. The molecule has 1 aromatic heterocycles. The molecule has 1 amide bonds. The van der Waals surface area contributed by atoms with Crippen LogP contribution in [0.4, 0.5) is 11.5 Å². The van der Waals surface area contributed by atoms with E-state index in [0.717, 1.165) is 0 Å². The van der Waals surface area contributed by atoms with E-state index < -0.39 is 10.8 Å². The molecule has 0 saturated heterocycles.